The van der Waals surface area contributed by atoms with Crippen molar-refractivity contribution in [3.63, 3.8) is 0 Å². The van der Waals surface area contributed by atoms with Gasteiger partial charge in [-0.05, 0) is 30.7 Å². The van der Waals surface area contributed by atoms with Crippen molar-refractivity contribution < 1.29 is 9.53 Å². The van der Waals surface area contributed by atoms with Crippen molar-refractivity contribution >= 4 is 23.5 Å². The summed E-state index contributed by atoms with van der Waals surface area (Å²) in [6, 6.07) is 16.9. The summed E-state index contributed by atoms with van der Waals surface area (Å²) in [5, 5.41) is 11.7. The highest BCUT2D eigenvalue weighted by molar-refractivity contribution is 6.32. The average Bonchev–Trinajstić information content (AvgIpc) is 3.39. The van der Waals surface area contributed by atoms with E-state index in [2.05, 4.69) is 20.5 Å². The topological polar surface area (TPSA) is 86.9 Å². The van der Waals surface area contributed by atoms with Gasteiger partial charge in [-0.1, -0.05) is 53.6 Å². The molecule has 9 heteroatoms. The average molecular weight is 423 g/mol. The second-order valence-corrected chi connectivity index (χ2v) is 7.06. The van der Waals surface area contributed by atoms with Gasteiger partial charge in [0.2, 0.25) is 5.95 Å². The Bertz CT molecular complexity index is 1150. The predicted molar refractivity (Wildman–Crippen MR) is 113 cm³/mol. The van der Waals surface area contributed by atoms with Crippen LogP contribution in [0, 0.1) is 6.92 Å². The third-order valence-corrected chi connectivity index (χ3v) is 4.60. The van der Waals surface area contributed by atoms with Gasteiger partial charge in [0, 0.05) is 6.20 Å². The van der Waals surface area contributed by atoms with Gasteiger partial charge in [0.05, 0.1) is 11.6 Å². The standard InChI is InChI=1S/C21H19ClN6O2/c1-15-6-8-16(9-7-15)12-28-13-23-21(26-28)24-20(29)18-10-11-27(25-18)14-30-19-5-3-2-4-17(19)22/h2-11,13H,12,14H2,1H3,(H,24,26,29). The summed E-state index contributed by atoms with van der Waals surface area (Å²) in [7, 11) is 0. The Morgan fingerprint density at radius 3 is 2.67 bits per heavy atom. The van der Waals surface area contributed by atoms with Crippen molar-refractivity contribution in [1.82, 2.24) is 24.5 Å². The Morgan fingerprint density at radius 1 is 1.07 bits per heavy atom. The number of nitrogens with zero attached hydrogens (tertiary/aromatic N) is 5. The number of hydrogen-bond donors (Lipinski definition) is 1. The summed E-state index contributed by atoms with van der Waals surface area (Å²) >= 11 is 6.06. The zero-order chi connectivity index (χ0) is 20.9. The molecule has 0 bridgehead atoms. The molecule has 1 amide bonds. The minimum atomic E-state index is -0.403. The van der Waals surface area contributed by atoms with E-state index in [4.69, 9.17) is 16.3 Å². The zero-order valence-corrected chi connectivity index (χ0v) is 17.0. The Labute approximate surface area is 178 Å². The lowest BCUT2D eigenvalue weighted by Gasteiger charge is -2.07. The number of hydrogen-bond acceptors (Lipinski definition) is 5. The lowest BCUT2D eigenvalue weighted by Crippen LogP contribution is -2.15. The minimum absolute atomic E-state index is 0.125. The largest absolute Gasteiger partial charge is 0.470 e. The third-order valence-electron chi connectivity index (χ3n) is 4.29. The van der Waals surface area contributed by atoms with E-state index >= 15 is 0 Å². The normalized spacial score (nSPS) is 10.7. The lowest BCUT2D eigenvalue weighted by molar-refractivity contribution is 0.101. The van der Waals surface area contributed by atoms with Crippen LogP contribution in [0.5, 0.6) is 5.75 Å². The van der Waals surface area contributed by atoms with Gasteiger partial charge in [0.15, 0.2) is 12.4 Å². The molecule has 4 rings (SSSR count). The molecule has 0 unspecified atom stereocenters. The van der Waals surface area contributed by atoms with Crippen molar-refractivity contribution in [2.45, 2.75) is 20.2 Å². The molecule has 0 radical (unpaired) electrons. The van der Waals surface area contributed by atoms with Crippen LogP contribution in [-0.2, 0) is 13.3 Å². The predicted octanol–water partition coefficient (Wildman–Crippen LogP) is 3.77. The number of halogens is 1. The summed E-state index contributed by atoms with van der Waals surface area (Å²) in [6.07, 6.45) is 3.22. The Hall–Kier alpha value is -3.65. The molecule has 0 saturated carbocycles. The van der Waals surface area contributed by atoms with Gasteiger partial charge in [-0.2, -0.15) is 5.10 Å². The van der Waals surface area contributed by atoms with Crippen LogP contribution in [0.4, 0.5) is 5.95 Å². The van der Waals surface area contributed by atoms with E-state index in [1.54, 1.807) is 35.4 Å². The fourth-order valence-corrected chi connectivity index (χ4v) is 2.92. The number of carbonyl (C=O) groups excluding carboxylic acids is 1. The Morgan fingerprint density at radius 2 is 1.87 bits per heavy atom. The molecule has 0 aliphatic rings. The summed E-state index contributed by atoms with van der Waals surface area (Å²) in [4.78, 5) is 16.6. The van der Waals surface area contributed by atoms with Crippen molar-refractivity contribution in [3.05, 3.63) is 89.0 Å². The van der Waals surface area contributed by atoms with Crippen LogP contribution >= 0.6 is 11.6 Å². The van der Waals surface area contributed by atoms with Crippen molar-refractivity contribution in [2.75, 3.05) is 5.32 Å². The first-order chi connectivity index (χ1) is 14.6. The van der Waals surface area contributed by atoms with Crippen LogP contribution in [0.3, 0.4) is 0 Å². The van der Waals surface area contributed by atoms with Crippen molar-refractivity contribution in [3.8, 4) is 5.75 Å². The number of nitrogens with one attached hydrogen (secondary N) is 1. The SMILES string of the molecule is Cc1ccc(Cn2cnc(NC(=O)c3ccn(COc4ccccc4Cl)n3)n2)cc1. The highest BCUT2D eigenvalue weighted by Gasteiger charge is 2.13. The molecule has 8 nitrogen and oxygen atoms in total. The highest BCUT2D eigenvalue weighted by Crippen LogP contribution is 2.23. The molecule has 2 aromatic heterocycles. The highest BCUT2D eigenvalue weighted by atomic mass is 35.5. The van der Waals surface area contributed by atoms with Gasteiger partial charge in [0.1, 0.15) is 12.1 Å². The maximum absolute atomic E-state index is 12.4. The molecule has 0 fully saturated rings. The quantitative estimate of drug-likeness (QED) is 0.490. The fourth-order valence-electron chi connectivity index (χ4n) is 2.73. The number of ether oxygens (including phenoxy) is 1. The Kier molecular flexibility index (Phi) is 5.76. The number of rotatable bonds is 7. The number of carbonyl (C=O) groups is 1. The van der Waals surface area contributed by atoms with Gasteiger partial charge >= 0.3 is 0 Å². The smallest absolute Gasteiger partial charge is 0.278 e. The monoisotopic (exact) mass is 422 g/mol. The lowest BCUT2D eigenvalue weighted by atomic mass is 10.1. The van der Waals surface area contributed by atoms with Crippen molar-refractivity contribution in [1.29, 1.82) is 0 Å². The van der Waals surface area contributed by atoms with Crippen LogP contribution in [0.2, 0.25) is 5.02 Å². The summed E-state index contributed by atoms with van der Waals surface area (Å²) in [6.45, 7) is 2.73. The molecule has 0 spiro atoms. The number of aromatic nitrogens is 5. The fraction of sp³-hybridized carbons (Fsp3) is 0.143. The number of amides is 1. The van der Waals surface area contributed by atoms with Gasteiger partial charge < -0.3 is 4.74 Å². The zero-order valence-electron chi connectivity index (χ0n) is 16.2. The van der Waals surface area contributed by atoms with E-state index in [0.29, 0.717) is 17.3 Å². The molecule has 30 heavy (non-hydrogen) atoms. The van der Waals surface area contributed by atoms with E-state index in [-0.39, 0.29) is 18.4 Å². The second-order valence-electron chi connectivity index (χ2n) is 6.65. The van der Waals surface area contributed by atoms with Gasteiger partial charge in [0.25, 0.3) is 5.91 Å². The van der Waals surface area contributed by atoms with Gasteiger partial charge in [-0.3, -0.25) is 10.1 Å². The molecule has 1 N–H and O–H groups in total. The van der Waals surface area contributed by atoms with Gasteiger partial charge in [-0.25, -0.2) is 14.3 Å². The molecule has 4 aromatic rings. The Balaban J connectivity index is 1.34. The molecule has 0 aliphatic heterocycles. The molecule has 0 atom stereocenters. The van der Waals surface area contributed by atoms with E-state index in [0.717, 1.165) is 5.56 Å². The second kappa shape index (κ2) is 8.79. The molecule has 0 aliphatic carbocycles. The van der Waals surface area contributed by atoms with Gasteiger partial charge in [-0.15, -0.1) is 5.10 Å². The van der Waals surface area contributed by atoms with Crippen LogP contribution in [0.25, 0.3) is 0 Å². The van der Waals surface area contributed by atoms with Crippen LogP contribution < -0.4 is 10.1 Å². The van der Waals surface area contributed by atoms with E-state index in [1.165, 1.54) is 10.2 Å². The molecular weight excluding hydrogens is 404 g/mol. The van der Waals surface area contributed by atoms with Crippen LogP contribution in [-0.4, -0.2) is 30.5 Å². The molecule has 2 heterocycles. The molecule has 0 saturated heterocycles. The third kappa shape index (κ3) is 4.84. The maximum Gasteiger partial charge on any atom is 0.278 e. The number of benzene rings is 2. The molecular formula is C21H19ClN6O2. The minimum Gasteiger partial charge on any atom is -0.470 e. The number of anilines is 1. The summed E-state index contributed by atoms with van der Waals surface area (Å²) in [5.41, 5.74) is 2.52. The first-order valence-electron chi connectivity index (χ1n) is 9.24. The first kappa shape index (κ1) is 19.7. The van der Waals surface area contributed by atoms with E-state index in [9.17, 15) is 4.79 Å². The summed E-state index contributed by atoms with van der Waals surface area (Å²) in [5.74, 6) is 0.359. The summed E-state index contributed by atoms with van der Waals surface area (Å²) < 4.78 is 8.77. The van der Waals surface area contributed by atoms with E-state index < -0.39 is 5.91 Å². The van der Waals surface area contributed by atoms with E-state index in [1.807, 2.05) is 43.3 Å². The first-order valence-corrected chi connectivity index (χ1v) is 9.62. The number of aryl methyl sites for hydroxylation is 1. The maximum atomic E-state index is 12.4. The van der Waals surface area contributed by atoms with Crippen LogP contribution in [0.15, 0.2) is 67.1 Å². The molecule has 2 aromatic carbocycles. The number of para-hydroxylation sites is 1. The van der Waals surface area contributed by atoms with Crippen LogP contribution in [0.1, 0.15) is 21.6 Å². The molecule has 152 valence electrons. The van der Waals surface area contributed by atoms with Crippen molar-refractivity contribution in [2.24, 2.45) is 0 Å².